The average Bonchev–Trinajstić information content (AvgIpc) is 2.34. The van der Waals surface area contributed by atoms with Crippen LogP contribution in [0.15, 0.2) is 0 Å². The molecule has 0 radical (unpaired) electrons. The number of ether oxygens (including phenoxy) is 3. The van der Waals surface area contributed by atoms with Crippen LogP contribution in [0.5, 0.6) is 0 Å². The maximum absolute atomic E-state index is 11.5. The Hall–Kier alpha value is -0.690. The van der Waals surface area contributed by atoms with Gasteiger partial charge in [-0.05, 0) is 5.92 Å². The van der Waals surface area contributed by atoms with Gasteiger partial charge in [-0.1, -0.05) is 13.8 Å². The molecule has 108 valence electrons. The minimum Gasteiger partial charge on any atom is -0.468 e. The van der Waals surface area contributed by atoms with E-state index in [1.54, 1.807) is 7.11 Å². The van der Waals surface area contributed by atoms with Gasteiger partial charge in [-0.25, -0.2) is 0 Å². The van der Waals surface area contributed by atoms with Crippen LogP contribution in [0.1, 0.15) is 13.8 Å². The summed E-state index contributed by atoms with van der Waals surface area (Å²) in [6.07, 6.45) is -0.659. The first kappa shape index (κ1) is 17.3. The highest BCUT2D eigenvalue weighted by Crippen LogP contribution is 2.03. The molecule has 0 bridgehead atoms. The molecule has 0 saturated carbocycles. The van der Waals surface area contributed by atoms with Crippen molar-refractivity contribution in [2.75, 3.05) is 40.6 Å². The third kappa shape index (κ3) is 7.60. The number of carbonyl (C=O) groups is 1. The Kier molecular flexibility index (Phi) is 9.86. The fourth-order valence-electron chi connectivity index (χ4n) is 1.40. The number of aliphatic hydroxyl groups is 1. The first-order valence-corrected chi connectivity index (χ1v) is 6.08. The molecule has 6 heteroatoms. The third-order valence-corrected chi connectivity index (χ3v) is 2.44. The van der Waals surface area contributed by atoms with Crippen molar-refractivity contribution in [2.45, 2.75) is 26.0 Å². The Bertz CT molecular complexity index is 223. The van der Waals surface area contributed by atoms with Gasteiger partial charge in [0.1, 0.15) is 6.04 Å². The Morgan fingerprint density at radius 2 is 1.94 bits per heavy atom. The minimum absolute atomic E-state index is 0.0964. The maximum atomic E-state index is 11.5. The molecule has 0 saturated heterocycles. The highest BCUT2D eigenvalue weighted by atomic mass is 16.5. The number of esters is 1. The molecule has 0 spiro atoms. The van der Waals surface area contributed by atoms with Crippen molar-refractivity contribution in [3.8, 4) is 0 Å². The van der Waals surface area contributed by atoms with E-state index in [1.165, 1.54) is 7.11 Å². The van der Waals surface area contributed by atoms with Crippen LogP contribution < -0.4 is 5.32 Å². The van der Waals surface area contributed by atoms with E-state index in [-0.39, 0.29) is 25.0 Å². The molecule has 2 unspecified atom stereocenters. The molecule has 0 amide bonds. The summed E-state index contributed by atoms with van der Waals surface area (Å²) >= 11 is 0. The lowest BCUT2D eigenvalue weighted by atomic mass is 10.0. The largest absolute Gasteiger partial charge is 0.468 e. The quantitative estimate of drug-likeness (QED) is 0.420. The van der Waals surface area contributed by atoms with Gasteiger partial charge < -0.3 is 24.6 Å². The molecule has 0 aliphatic carbocycles. The Morgan fingerprint density at radius 3 is 2.44 bits per heavy atom. The lowest BCUT2D eigenvalue weighted by Crippen LogP contribution is -2.45. The predicted octanol–water partition coefficient (Wildman–Crippen LogP) is -0.202. The summed E-state index contributed by atoms with van der Waals surface area (Å²) in [5.74, 6) is -0.225. The Labute approximate surface area is 109 Å². The van der Waals surface area contributed by atoms with Crippen LogP contribution in [0.2, 0.25) is 0 Å². The molecule has 0 aromatic rings. The highest BCUT2D eigenvalue weighted by Gasteiger charge is 2.23. The van der Waals surface area contributed by atoms with Crippen LogP contribution in [0.25, 0.3) is 0 Å². The topological polar surface area (TPSA) is 77.0 Å². The Morgan fingerprint density at radius 1 is 1.28 bits per heavy atom. The second-order valence-electron chi connectivity index (χ2n) is 4.37. The van der Waals surface area contributed by atoms with Gasteiger partial charge in [0.05, 0.1) is 33.0 Å². The molecule has 18 heavy (non-hydrogen) atoms. The fourth-order valence-corrected chi connectivity index (χ4v) is 1.40. The van der Waals surface area contributed by atoms with E-state index >= 15 is 0 Å². The van der Waals surface area contributed by atoms with Crippen LogP contribution in [-0.4, -0.2) is 63.8 Å². The SMILES string of the molecule is COCCOCC(O)CNC(C(=O)OC)C(C)C. The van der Waals surface area contributed by atoms with Crippen LogP contribution in [0, 0.1) is 5.92 Å². The molecule has 0 aliphatic heterocycles. The summed E-state index contributed by atoms with van der Waals surface area (Å²) in [6, 6.07) is -0.413. The van der Waals surface area contributed by atoms with Crippen molar-refractivity contribution in [1.82, 2.24) is 5.32 Å². The van der Waals surface area contributed by atoms with Crippen LogP contribution in [0.4, 0.5) is 0 Å². The zero-order valence-electron chi connectivity index (χ0n) is 11.6. The second-order valence-corrected chi connectivity index (χ2v) is 4.37. The van der Waals surface area contributed by atoms with Crippen molar-refractivity contribution >= 4 is 5.97 Å². The molecule has 0 fully saturated rings. The number of rotatable bonds is 10. The first-order valence-electron chi connectivity index (χ1n) is 6.08. The number of methoxy groups -OCH3 is 2. The van der Waals surface area contributed by atoms with E-state index in [2.05, 4.69) is 10.1 Å². The van der Waals surface area contributed by atoms with Crippen molar-refractivity contribution in [1.29, 1.82) is 0 Å². The van der Waals surface area contributed by atoms with Crippen molar-refractivity contribution in [2.24, 2.45) is 5.92 Å². The summed E-state index contributed by atoms with van der Waals surface area (Å²) in [5, 5.41) is 12.6. The first-order chi connectivity index (χ1) is 8.52. The third-order valence-electron chi connectivity index (χ3n) is 2.44. The lowest BCUT2D eigenvalue weighted by Gasteiger charge is -2.21. The van der Waals surface area contributed by atoms with Gasteiger partial charge in [0.25, 0.3) is 0 Å². The molecule has 2 N–H and O–H groups in total. The highest BCUT2D eigenvalue weighted by molar-refractivity contribution is 5.75. The van der Waals surface area contributed by atoms with Crippen molar-refractivity contribution in [3.05, 3.63) is 0 Å². The van der Waals surface area contributed by atoms with E-state index in [1.807, 2.05) is 13.8 Å². The average molecular weight is 263 g/mol. The standard InChI is InChI=1S/C12H25NO5/c1-9(2)11(12(15)17-4)13-7-10(14)8-18-6-5-16-3/h9-11,13-14H,5-8H2,1-4H3. The smallest absolute Gasteiger partial charge is 0.323 e. The maximum Gasteiger partial charge on any atom is 0.323 e. The number of aliphatic hydroxyl groups excluding tert-OH is 1. The fraction of sp³-hybridized carbons (Fsp3) is 0.917. The van der Waals surface area contributed by atoms with Crippen molar-refractivity contribution < 1.29 is 24.1 Å². The lowest BCUT2D eigenvalue weighted by molar-refractivity contribution is -0.144. The molecular weight excluding hydrogens is 238 g/mol. The van der Waals surface area contributed by atoms with Crippen LogP contribution in [-0.2, 0) is 19.0 Å². The Balaban J connectivity index is 3.85. The van der Waals surface area contributed by atoms with Crippen LogP contribution >= 0.6 is 0 Å². The van der Waals surface area contributed by atoms with Gasteiger partial charge in [0, 0.05) is 13.7 Å². The summed E-state index contributed by atoms with van der Waals surface area (Å²) in [6.45, 7) is 5.26. The second kappa shape index (κ2) is 10.3. The molecule has 0 aliphatic rings. The predicted molar refractivity (Wildman–Crippen MR) is 67.3 cm³/mol. The molecule has 0 rings (SSSR count). The minimum atomic E-state index is -0.659. The van der Waals surface area contributed by atoms with Gasteiger partial charge in [-0.3, -0.25) is 4.79 Å². The van der Waals surface area contributed by atoms with Gasteiger partial charge in [0.2, 0.25) is 0 Å². The van der Waals surface area contributed by atoms with E-state index in [4.69, 9.17) is 9.47 Å². The summed E-state index contributed by atoms with van der Waals surface area (Å²) in [7, 11) is 2.94. The molecule has 2 atom stereocenters. The number of nitrogens with one attached hydrogen (secondary N) is 1. The molecule has 6 nitrogen and oxygen atoms in total. The summed E-state index contributed by atoms with van der Waals surface area (Å²) in [5.41, 5.74) is 0. The van der Waals surface area contributed by atoms with Gasteiger partial charge in [-0.15, -0.1) is 0 Å². The monoisotopic (exact) mass is 263 g/mol. The van der Waals surface area contributed by atoms with Gasteiger partial charge >= 0.3 is 5.97 Å². The normalized spacial score (nSPS) is 14.6. The van der Waals surface area contributed by atoms with E-state index < -0.39 is 12.1 Å². The number of carbonyl (C=O) groups excluding carboxylic acids is 1. The van der Waals surface area contributed by atoms with Gasteiger partial charge in [-0.2, -0.15) is 0 Å². The van der Waals surface area contributed by atoms with Gasteiger partial charge in [0.15, 0.2) is 0 Å². The van der Waals surface area contributed by atoms with E-state index in [0.29, 0.717) is 13.2 Å². The summed E-state index contributed by atoms with van der Waals surface area (Å²) in [4.78, 5) is 11.5. The molecule has 0 heterocycles. The van der Waals surface area contributed by atoms with Crippen LogP contribution in [0.3, 0.4) is 0 Å². The summed E-state index contributed by atoms with van der Waals surface area (Å²) < 4.78 is 14.7. The zero-order valence-corrected chi connectivity index (χ0v) is 11.6. The van der Waals surface area contributed by atoms with E-state index in [9.17, 15) is 9.90 Å². The van der Waals surface area contributed by atoms with E-state index in [0.717, 1.165) is 0 Å². The molecular formula is C12H25NO5. The van der Waals surface area contributed by atoms with Crippen molar-refractivity contribution in [3.63, 3.8) is 0 Å². The number of hydrogen-bond acceptors (Lipinski definition) is 6. The molecule has 0 aromatic carbocycles. The molecule has 0 aromatic heterocycles. The number of hydrogen-bond donors (Lipinski definition) is 2. The zero-order chi connectivity index (χ0) is 14.0.